The lowest BCUT2D eigenvalue weighted by molar-refractivity contribution is 0.131. The Morgan fingerprint density at radius 1 is 0.459 bits per heavy atom. The van der Waals surface area contributed by atoms with Crippen molar-refractivity contribution in [2.24, 2.45) is 11.8 Å². The summed E-state index contributed by atoms with van der Waals surface area (Å²) in [4.78, 5) is 0. The van der Waals surface area contributed by atoms with Gasteiger partial charge in [-0.3, -0.25) is 0 Å². The maximum absolute atomic E-state index is 12.0. The van der Waals surface area contributed by atoms with E-state index in [1.807, 2.05) is 0 Å². The molecule has 1 aliphatic heterocycles. The number of aryl methyl sites for hydroxylation is 2. The Hall–Kier alpha value is -3.51. The van der Waals surface area contributed by atoms with Crippen molar-refractivity contribution in [3.8, 4) is 44.5 Å². The Balaban J connectivity index is 1.51. The highest BCUT2D eigenvalue weighted by molar-refractivity contribution is 7.67. The summed E-state index contributed by atoms with van der Waals surface area (Å²) < 4.78 is 0. The quantitative estimate of drug-likeness (QED) is 0.132. The summed E-state index contributed by atoms with van der Waals surface area (Å²) in [6.45, 7) is 24.0. The zero-order chi connectivity index (χ0) is 43.1. The van der Waals surface area contributed by atoms with Crippen LogP contribution in [0.5, 0.6) is 0 Å². The van der Waals surface area contributed by atoms with E-state index in [1.54, 1.807) is 5.30 Å². The molecule has 0 bridgehead atoms. The van der Waals surface area contributed by atoms with Gasteiger partial charge in [-0.2, -0.15) is 0 Å². The fourth-order valence-corrected chi connectivity index (χ4v) is 16.7. The summed E-state index contributed by atoms with van der Waals surface area (Å²) in [6.07, 6.45) is 12.4. The normalized spacial score (nSPS) is 21.5. The van der Waals surface area contributed by atoms with Gasteiger partial charge in [0.25, 0.3) is 0 Å². The summed E-state index contributed by atoms with van der Waals surface area (Å²) in [7, 11) is -0.631. The number of aliphatic hydroxyl groups excluding tert-OH is 1. The molecule has 1 N–H and O–H groups in total. The summed E-state index contributed by atoms with van der Waals surface area (Å²) in [6, 6.07) is 35.8. The predicted octanol–water partition coefficient (Wildman–Crippen LogP) is 16.8. The zero-order valence-electron chi connectivity index (χ0n) is 39.3. The van der Waals surface area contributed by atoms with Crippen molar-refractivity contribution in [1.29, 1.82) is 0 Å². The topological polar surface area (TPSA) is 20.2 Å². The highest BCUT2D eigenvalue weighted by atomic mass is 31.1. The van der Waals surface area contributed by atoms with Gasteiger partial charge in [-0.15, -0.1) is 0 Å². The van der Waals surface area contributed by atoms with E-state index >= 15 is 0 Å². The van der Waals surface area contributed by atoms with Crippen LogP contribution >= 0.6 is 7.92 Å². The average Bonchev–Trinajstić information content (AvgIpc) is 3.99. The lowest BCUT2D eigenvalue weighted by atomic mass is 9.79. The Labute approximate surface area is 372 Å². The summed E-state index contributed by atoms with van der Waals surface area (Å²) in [5.74, 6) is 2.82. The number of rotatable bonds is 11. The maximum Gasteiger partial charge on any atom is 0.0552 e. The van der Waals surface area contributed by atoms with Gasteiger partial charge in [0.15, 0.2) is 0 Å². The molecule has 1 nitrogen and oxygen atoms in total. The van der Waals surface area contributed by atoms with Crippen molar-refractivity contribution in [3.63, 3.8) is 0 Å². The van der Waals surface area contributed by atoms with Gasteiger partial charge in [0.05, 0.1) is 6.10 Å². The van der Waals surface area contributed by atoms with Gasteiger partial charge in [-0.1, -0.05) is 180 Å². The van der Waals surface area contributed by atoms with Crippen LogP contribution in [0.3, 0.4) is 0 Å². The first-order chi connectivity index (χ1) is 29.3. The van der Waals surface area contributed by atoms with E-state index in [4.69, 9.17) is 0 Å². The Kier molecular flexibility index (Phi) is 13.5. The number of aliphatic hydroxyl groups is 1. The van der Waals surface area contributed by atoms with E-state index in [0.717, 1.165) is 12.8 Å². The molecule has 5 aromatic rings. The van der Waals surface area contributed by atoms with Crippen molar-refractivity contribution >= 4 is 13.2 Å². The van der Waals surface area contributed by atoms with Gasteiger partial charge < -0.3 is 5.11 Å². The second kappa shape index (κ2) is 18.7. The molecule has 2 atom stereocenters. The molecule has 8 rings (SSSR count). The van der Waals surface area contributed by atoms with Gasteiger partial charge in [0, 0.05) is 0 Å². The van der Waals surface area contributed by atoms with Crippen LogP contribution < -0.4 is 5.30 Å². The van der Waals surface area contributed by atoms with Gasteiger partial charge in [-0.25, -0.2) is 0 Å². The molecule has 1 heterocycles. The predicted molar refractivity (Wildman–Crippen MR) is 267 cm³/mol. The highest BCUT2D eigenvalue weighted by Gasteiger charge is 2.47. The van der Waals surface area contributed by atoms with E-state index in [1.165, 1.54) is 129 Å². The molecule has 0 radical (unpaired) electrons. The number of hydrogen-bond donors (Lipinski definition) is 1. The van der Waals surface area contributed by atoms with Crippen molar-refractivity contribution in [2.45, 2.75) is 175 Å². The molecule has 3 fully saturated rings. The van der Waals surface area contributed by atoms with Gasteiger partial charge in [0.1, 0.15) is 0 Å². The van der Waals surface area contributed by atoms with Gasteiger partial charge in [-0.05, 0) is 182 Å². The summed E-state index contributed by atoms with van der Waals surface area (Å²) >= 11 is 0. The van der Waals surface area contributed by atoms with Crippen LogP contribution in [-0.2, 0) is 0 Å². The molecule has 2 unspecified atom stereocenters. The molecule has 3 aliphatic rings. The Morgan fingerprint density at radius 2 is 0.787 bits per heavy atom. The molecule has 5 aromatic carbocycles. The Bertz CT molecular complexity index is 2100. The molecule has 1 saturated heterocycles. The monoisotopic (exact) mass is 831 g/mol. The minimum absolute atomic E-state index is 0.192. The highest BCUT2D eigenvalue weighted by Crippen LogP contribution is 2.64. The molecule has 0 amide bonds. The van der Waals surface area contributed by atoms with Crippen LogP contribution in [0.25, 0.3) is 44.5 Å². The van der Waals surface area contributed by atoms with Crippen LogP contribution in [-0.4, -0.2) is 22.5 Å². The lowest BCUT2D eigenvalue weighted by Gasteiger charge is -2.48. The third-order valence-electron chi connectivity index (χ3n) is 15.3. The van der Waals surface area contributed by atoms with Crippen LogP contribution in [0.1, 0.15) is 177 Å². The van der Waals surface area contributed by atoms with Crippen LogP contribution in [0.15, 0.2) is 91.0 Å². The molecule has 61 heavy (non-hydrogen) atoms. The lowest BCUT2D eigenvalue weighted by Crippen LogP contribution is -2.41. The molecular weight excluding hydrogens is 756 g/mol. The van der Waals surface area contributed by atoms with E-state index < -0.39 is 7.92 Å². The van der Waals surface area contributed by atoms with Crippen molar-refractivity contribution < 1.29 is 5.11 Å². The van der Waals surface area contributed by atoms with E-state index in [2.05, 4.69) is 160 Å². The van der Waals surface area contributed by atoms with Crippen molar-refractivity contribution in [2.75, 3.05) is 0 Å². The standard InChI is InChI=1S/C59H75OP/c1-36(2)51-30-44(47-26-17-11-20-40(47)9)31-52(37(3)4)57(51)49-28-19-29-50(58-53(38(5)6)32-45(33-54(58)39(7)8)48-27-18-12-21-41(48)10)59(49)61-55(42-22-13-14-23-42)34-46(60)35-56(61)43-24-15-16-25-43/h11-12,17-21,26-33,36-39,42-43,46,55-56,60H,13-16,22-25,34-35H2,1-10H3. The molecular formula is C59H75OP. The smallest absolute Gasteiger partial charge is 0.0552 e. The molecule has 2 heteroatoms. The largest absolute Gasteiger partial charge is 0.393 e. The number of benzene rings is 5. The first kappa shape index (κ1) is 44.1. The zero-order valence-corrected chi connectivity index (χ0v) is 40.2. The van der Waals surface area contributed by atoms with Gasteiger partial charge >= 0.3 is 0 Å². The van der Waals surface area contributed by atoms with Crippen LogP contribution in [0, 0.1) is 25.7 Å². The third-order valence-corrected chi connectivity index (χ3v) is 19.0. The molecule has 0 spiro atoms. The molecule has 0 aromatic heterocycles. The third kappa shape index (κ3) is 8.75. The van der Waals surface area contributed by atoms with Gasteiger partial charge in [0.2, 0.25) is 0 Å². The van der Waals surface area contributed by atoms with E-state index in [0.29, 0.717) is 46.8 Å². The SMILES string of the molecule is Cc1ccccc1-c1cc(C(C)C)c(-c2cccc(-c3c(C(C)C)cc(-c4ccccc4C)cc3C(C)C)c2P2C(C3CCCC3)CC(O)CC2C2CCCC2)c(C(C)C)c1. The second-order valence-corrected chi connectivity index (χ2v) is 23.4. The fraction of sp³-hybridized carbons (Fsp3) is 0.492. The molecule has 2 saturated carbocycles. The van der Waals surface area contributed by atoms with E-state index in [9.17, 15) is 5.11 Å². The maximum atomic E-state index is 12.0. The first-order valence-electron chi connectivity index (χ1n) is 24.4. The van der Waals surface area contributed by atoms with Crippen molar-refractivity contribution in [1.82, 2.24) is 0 Å². The minimum Gasteiger partial charge on any atom is -0.393 e. The second-order valence-electron chi connectivity index (χ2n) is 20.8. The Morgan fingerprint density at radius 3 is 1.11 bits per heavy atom. The summed E-state index contributed by atoms with van der Waals surface area (Å²) in [5.41, 5.74) is 21.1. The summed E-state index contributed by atoms with van der Waals surface area (Å²) in [5, 5.41) is 13.7. The fourth-order valence-electron chi connectivity index (χ4n) is 12.1. The molecule has 322 valence electrons. The van der Waals surface area contributed by atoms with Crippen molar-refractivity contribution in [3.05, 3.63) is 124 Å². The first-order valence-corrected chi connectivity index (χ1v) is 25.9. The number of hydrogen-bond acceptors (Lipinski definition) is 1. The van der Waals surface area contributed by atoms with Crippen LogP contribution in [0.4, 0.5) is 0 Å². The van der Waals surface area contributed by atoms with Crippen LogP contribution in [0.2, 0.25) is 0 Å². The minimum atomic E-state index is -0.631. The molecule has 2 aliphatic carbocycles. The average molecular weight is 831 g/mol. The van der Waals surface area contributed by atoms with E-state index in [-0.39, 0.29) is 6.10 Å².